The third-order valence-electron chi connectivity index (χ3n) is 5.02. The summed E-state index contributed by atoms with van der Waals surface area (Å²) in [7, 11) is 0. The van der Waals surface area contributed by atoms with Gasteiger partial charge in [-0.3, -0.25) is 9.59 Å². The fraction of sp³-hybridized carbons (Fsp3) is 0.364. The lowest BCUT2D eigenvalue weighted by atomic mass is 10.0. The van der Waals surface area contributed by atoms with Gasteiger partial charge in [0.05, 0.1) is 18.8 Å². The molecule has 2 N–H and O–H groups in total. The van der Waals surface area contributed by atoms with Gasteiger partial charge in [-0.15, -0.1) is 0 Å². The molecule has 0 aromatic heterocycles. The van der Waals surface area contributed by atoms with Gasteiger partial charge in [-0.25, -0.2) is 8.78 Å². The molecule has 2 aromatic carbocycles. The van der Waals surface area contributed by atoms with E-state index in [9.17, 15) is 18.4 Å². The van der Waals surface area contributed by atoms with Crippen molar-refractivity contribution in [2.45, 2.75) is 33.6 Å². The molecule has 29 heavy (non-hydrogen) atoms. The van der Waals surface area contributed by atoms with Gasteiger partial charge in [0, 0.05) is 18.3 Å². The van der Waals surface area contributed by atoms with Crippen LogP contribution < -0.4 is 15.5 Å². The molecule has 154 valence electrons. The molecule has 1 aliphatic rings. The van der Waals surface area contributed by atoms with Crippen LogP contribution in [0.5, 0.6) is 0 Å². The Balaban J connectivity index is 1.58. The van der Waals surface area contributed by atoms with Crippen LogP contribution in [0.25, 0.3) is 0 Å². The Morgan fingerprint density at radius 1 is 1.03 bits per heavy atom. The number of benzene rings is 2. The SMILES string of the molecule is Cc1cc(C)c(NC(=O)CNC(=O)CN2CCCc3cc(F)cc(F)c32)c(C)c1. The molecular weight excluding hydrogens is 376 g/mol. The minimum absolute atomic E-state index is 0.0918. The van der Waals surface area contributed by atoms with Crippen LogP contribution in [0.2, 0.25) is 0 Å². The highest BCUT2D eigenvalue weighted by Crippen LogP contribution is 2.30. The lowest BCUT2D eigenvalue weighted by Gasteiger charge is -2.31. The zero-order chi connectivity index (χ0) is 21.1. The molecule has 0 saturated carbocycles. The van der Waals surface area contributed by atoms with Crippen molar-refractivity contribution in [2.75, 3.05) is 29.9 Å². The third kappa shape index (κ3) is 4.91. The predicted molar refractivity (Wildman–Crippen MR) is 109 cm³/mol. The molecule has 2 aromatic rings. The molecule has 1 aliphatic heterocycles. The third-order valence-corrected chi connectivity index (χ3v) is 5.02. The first-order valence-electron chi connectivity index (χ1n) is 9.62. The summed E-state index contributed by atoms with van der Waals surface area (Å²) in [6, 6.07) is 6.09. The molecule has 5 nitrogen and oxygen atoms in total. The Morgan fingerprint density at radius 2 is 1.72 bits per heavy atom. The topological polar surface area (TPSA) is 61.4 Å². The maximum atomic E-state index is 14.2. The average Bonchev–Trinajstić information content (AvgIpc) is 2.62. The first-order chi connectivity index (χ1) is 13.7. The number of hydrogen-bond donors (Lipinski definition) is 2. The first-order valence-corrected chi connectivity index (χ1v) is 9.62. The molecule has 0 spiro atoms. The van der Waals surface area contributed by atoms with Gasteiger partial charge >= 0.3 is 0 Å². The quantitative estimate of drug-likeness (QED) is 0.807. The zero-order valence-electron chi connectivity index (χ0n) is 16.9. The van der Waals surface area contributed by atoms with E-state index in [1.165, 1.54) is 6.07 Å². The number of amides is 2. The molecule has 3 rings (SSSR count). The lowest BCUT2D eigenvalue weighted by Crippen LogP contribution is -2.42. The van der Waals surface area contributed by atoms with Crippen molar-refractivity contribution in [1.29, 1.82) is 0 Å². The highest BCUT2D eigenvalue weighted by Gasteiger charge is 2.23. The van der Waals surface area contributed by atoms with Gasteiger partial charge in [0.1, 0.15) is 11.6 Å². The van der Waals surface area contributed by atoms with Crippen LogP contribution in [0.15, 0.2) is 24.3 Å². The minimum atomic E-state index is -0.671. The van der Waals surface area contributed by atoms with Crippen LogP contribution in [0.3, 0.4) is 0 Å². The van der Waals surface area contributed by atoms with E-state index in [1.54, 1.807) is 4.90 Å². The first kappa shape index (κ1) is 20.8. The molecule has 1 heterocycles. The molecule has 2 amide bonds. The second-order valence-corrected chi connectivity index (χ2v) is 7.52. The van der Waals surface area contributed by atoms with Crippen LogP contribution in [0.1, 0.15) is 28.7 Å². The summed E-state index contributed by atoms with van der Waals surface area (Å²) in [6.45, 7) is 6.04. The van der Waals surface area contributed by atoms with Gasteiger partial charge in [0.15, 0.2) is 0 Å². The van der Waals surface area contributed by atoms with E-state index in [0.29, 0.717) is 24.9 Å². The van der Waals surface area contributed by atoms with E-state index in [-0.39, 0.29) is 24.7 Å². The Labute approximate surface area is 169 Å². The number of nitrogens with zero attached hydrogens (tertiary/aromatic N) is 1. The summed E-state index contributed by atoms with van der Waals surface area (Å²) in [5.41, 5.74) is 4.58. The molecule has 0 atom stereocenters. The van der Waals surface area contributed by atoms with Crippen molar-refractivity contribution < 1.29 is 18.4 Å². The zero-order valence-corrected chi connectivity index (χ0v) is 16.9. The Bertz CT molecular complexity index is 936. The Kier molecular flexibility index (Phi) is 6.15. The highest BCUT2D eigenvalue weighted by molar-refractivity contribution is 5.96. The van der Waals surface area contributed by atoms with Crippen LogP contribution >= 0.6 is 0 Å². The molecule has 0 bridgehead atoms. The smallest absolute Gasteiger partial charge is 0.243 e. The van der Waals surface area contributed by atoms with Crippen molar-refractivity contribution in [3.05, 3.63) is 58.2 Å². The molecule has 0 saturated heterocycles. The maximum absolute atomic E-state index is 14.2. The number of anilines is 2. The number of carbonyl (C=O) groups is 2. The largest absolute Gasteiger partial charge is 0.360 e. The van der Waals surface area contributed by atoms with Crippen LogP contribution in [-0.4, -0.2) is 31.4 Å². The summed E-state index contributed by atoms with van der Waals surface area (Å²) < 4.78 is 27.6. The summed E-state index contributed by atoms with van der Waals surface area (Å²) >= 11 is 0. The molecule has 0 aliphatic carbocycles. The van der Waals surface area contributed by atoms with Crippen molar-refractivity contribution in [1.82, 2.24) is 5.32 Å². The number of fused-ring (bicyclic) bond motifs is 1. The normalized spacial score (nSPS) is 13.1. The van der Waals surface area contributed by atoms with Crippen molar-refractivity contribution in [2.24, 2.45) is 0 Å². The average molecular weight is 401 g/mol. The van der Waals surface area contributed by atoms with E-state index in [4.69, 9.17) is 0 Å². The summed E-state index contributed by atoms with van der Waals surface area (Å²) in [5, 5.41) is 5.40. The van der Waals surface area contributed by atoms with E-state index < -0.39 is 17.5 Å². The summed E-state index contributed by atoms with van der Waals surface area (Å²) in [5.74, 6) is -2.02. The monoisotopic (exact) mass is 401 g/mol. The second kappa shape index (κ2) is 8.59. The number of rotatable bonds is 5. The van der Waals surface area contributed by atoms with E-state index in [0.717, 1.165) is 28.4 Å². The molecule has 0 unspecified atom stereocenters. The standard InChI is InChI=1S/C22H25F2N3O2/c1-13-7-14(2)21(15(3)8-13)26-19(28)11-25-20(29)12-27-6-4-5-16-9-17(23)10-18(24)22(16)27/h7-10H,4-6,11-12H2,1-3H3,(H,25,29)(H,26,28). The van der Waals surface area contributed by atoms with Crippen molar-refractivity contribution >= 4 is 23.2 Å². The van der Waals surface area contributed by atoms with E-state index in [1.807, 2.05) is 32.9 Å². The van der Waals surface area contributed by atoms with Gasteiger partial charge in [0.25, 0.3) is 0 Å². The van der Waals surface area contributed by atoms with Gasteiger partial charge in [-0.1, -0.05) is 17.7 Å². The van der Waals surface area contributed by atoms with Crippen LogP contribution in [-0.2, 0) is 16.0 Å². The van der Waals surface area contributed by atoms with Gasteiger partial charge in [0.2, 0.25) is 11.8 Å². The maximum Gasteiger partial charge on any atom is 0.243 e. The van der Waals surface area contributed by atoms with Gasteiger partial charge in [-0.05, 0) is 56.4 Å². The van der Waals surface area contributed by atoms with Crippen LogP contribution in [0, 0.1) is 32.4 Å². The molecule has 0 radical (unpaired) electrons. The molecule has 0 fully saturated rings. The summed E-state index contributed by atoms with van der Waals surface area (Å²) in [4.78, 5) is 26.1. The van der Waals surface area contributed by atoms with E-state index >= 15 is 0 Å². The number of carbonyl (C=O) groups excluding carboxylic acids is 2. The number of nitrogens with one attached hydrogen (secondary N) is 2. The number of aryl methyl sites for hydroxylation is 4. The summed E-state index contributed by atoms with van der Waals surface area (Å²) in [6.07, 6.45) is 1.27. The number of halogens is 2. The second-order valence-electron chi connectivity index (χ2n) is 7.52. The molecule has 7 heteroatoms. The Hall–Kier alpha value is -2.96. The highest BCUT2D eigenvalue weighted by atomic mass is 19.1. The number of hydrogen-bond acceptors (Lipinski definition) is 3. The van der Waals surface area contributed by atoms with Gasteiger partial charge < -0.3 is 15.5 Å². The van der Waals surface area contributed by atoms with Crippen molar-refractivity contribution in [3.63, 3.8) is 0 Å². The van der Waals surface area contributed by atoms with Crippen LogP contribution in [0.4, 0.5) is 20.2 Å². The fourth-order valence-electron chi connectivity index (χ4n) is 3.86. The van der Waals surface area contributed by atoms with Gasteiger partial charge in [-0.2, -0.15) is 0 Å². The van der Waals surface area contributed by atoms with Crippen molar-refractivity contribution in [3.8, 4) is 0 Å². The fourth-order valence-corrected chi connectivity index (χ4v) is 3.86. The molecular formula is C22H25F2N3O2. The van der Waals surface area contributed by atoms with E-state index in [2.05, 4.69) is 10.6 Å². The predicted octanol–water partition coefficient (Wildman–Crippen LogP) is 3.40. The lowest BCUT2D eigenvalue weighted by molar-refractivity contribution is -0.123. The minimum Gasteiger partial charge on any atom is -0.360 e. The Morgan fingerprint density at radius 3 is 2.41 bits per heavy atom.